The van der Waals surface area contributed by atoms with E-state index >= 15 is 0 Å². The van der Waals surface area contributed by atoms with Crippen molar-refractivity contribution in [1.82, 2.24) is 20.2 Å². The Morgan fingerprint density at radius 2 is 2.12 bits per heavy atom. The summed E-state index contributed by atoms with van der Waals surface area (Å²) in [6.45, 7) is 3.49. The molecule has 16 heavy (non-hydrogen) atoms. The van der Waals surface area contributed by atoms with Crippen molar-refractivity contribution in [2.45, 2.75) is 13.8 Å². The third-order valence-corrected chi connectivity index (χ3v) is 2.39. The van der Waals surface area contributed by atoms with E-state index in [1.165, 1.54) is 4.68 Å². The lowest BCUT2D eigenvalue weighted by molar-refractivity contribution is 0.0696. The standard InChI is InChI=1S/C10H10N4O2/c1-6-8(10(15)16)4-3-5-9(6)14-7(2)11-12-13-14/h3-5H,1-2H3,(H,15,16). The zero-order valence-corrected chi connectivity index (χ0v) is 8.88. The number of aromatic nitrogens is 4. The molecular weight excluding hydrogens is 208 g/mol. The van der Waals surface area contributed by atoms with E-state index < -0.39 is 5.97 Å². The van der Waals surface area contributed by atoms with Crippen molar-refractivity contribution in [2.24, 2.45) is 0 Å². The minimum atomic E-state index is -0.954. The predicted octanol–water partition coefficient (Wildman–Crippen LogP) is 0.977. The van der Waals surface area contributed by atoms with Gasteiger partial charge in [0, 0.05) is 0 Å². The van der Waals surface area contributed by atoms with Gasteiger partial charge in [0.15, 0.2) is 5.82 Å². The molecule has 1 N–H and O–H groups in total. The molecule has 82 valence electrons. The molecule has 0 amide bonds. The molecule has 0 aliphatic carbocycles. The second-order valence-electron chi connectivity index (χ2n) is 3.39. The van der Waals surface area contributed by atoms with Crippen LogP contribution in [0.4, 0.5) is 0 Å². The lowest BCUT2D eigenvalue weighted by atomic mass is 10.1. The number of carbonyl (C=O) groups is 1. The van der Waals surface area contributed by atoms with Crippen LogP contribution in [-0.4, -0.2) is 31.3 Å². The van der Waals surface area contributed by atoms with E-state index in [9.17, 15) is 4.79 Å². The Labute approximate surface area is 91.5 Å². The molecule has 0 bridgehead atoms. The van der Waals surface area contributed by atoms with Gasteiger partial charge in [-0.05, 0) is 42.0 Å². The first-order valence-electron chi connectivity index (χ1n) is 4.69. The average molecular weight is 218 g/mol. The number of rotatable bonds is 2. The van der Waals surface area contributed by atoms with Gasteiger partial charge in [-0.2, -0.15) is 4.68 Å². The van der Waals surface area contributed by atoms with Crippen molar-refractivity contribution in [3.8, 4) is 5.69 Å². The number of hydrogen-bond acceptors (Lipinski definition) is 4. The molecule has 2 aromatic rings. The van der Waals surface area contributed by atoms with Gasteiger partial charge in [0.1, 0.15) is 0 Å². The van der Waals surface area contributed by atoms with E-state index in [1.807, 2.05) is 0 Å². The number of nitrogens with zero attached hydrogens (tertiary/aromatic N) is 4. The van der Waals surface area contributed by atoms with Crippen molar-refractivity contribution in [3.63, 3.8) is 0 Å². The lowest BCUT2D eigenvalue weighted by Crippen LogP contribution is -2.07. The molecule has 0 aliphatic rings. The van der Waals surface area contributed by atoms with Crippen LogP contribution in [0.3, 0.4) is 0 Å². The van der Waals surface area contributed by atoms with Crippen molar-refractivity contribution < 1.29 is 9.90 Å². The van der Waals surface area contributed by atoms with Crippen molar-refractivity contribution in [3.05, 3.63) is 35.2 Å². The van der Waals surface area contributed by atoms with Crippen molar-refractivity contribution >= 4 is 5.97 Å². The number of hydrogen-bond donors (Lipinski definition) is 1. The summed E-state index contributed by atoms with van der Waals surface area (Å²) < 4.78 is 1.52. The second-order valence-corrected chi connectivity index (χ2v) is 3.39. The first-order chi connectivity index (χ1) is 7.61. The fourth-order valence-electron chi connectivity index (χ4n) is 1.54. The number of benzene rings is 1. The average Bonchev–Trinajstić information content (AvgIpc) is 2.64. The van der Waals surface area contributed by atoms with Gasteiger partial charge >= 0.3 is 5.97 Å². The van der Waals surface area contributed by atoms with Gasteiger partial charge < -0.3 is 5.11 Å². The maximum Gasteiger partial charge on any atom is 0.336 e. The van der Waals surface area contributed by atoms with E-state index in [2.05, 4.69) is 15.5 Å². The molecule has 0 atom stereocenters. The molecule has 0 saturated carbocycles. The second kappa shape index (κ2) is 3.73. The Kier molecular flexibility index (Phi) is 2.40. The van der Waals surface area contributed by atoms with Crippen LogP contribution in [0.25, 0.3) is 5.69 Å². The van der Waals surface area contributed by atoms with Crippen LogP contribution in [0.15, 0.2) is 18.2 Å². The number of carboxylic acids is 1. The minimum Gasteiger partial charge on any atom is -0.478 e. The maximum atomic E-state index is 11.0. The molecule has 1 aromatic carbocycles. The van der Waals surface area contributed by atoms with E-state index in [0.717, 1.165) is 0 Å². The molecule has 1 aromatic heterocycles. The van der Waals surface area contributed by atoms with Crippen molar-refractivity contribution in [1.29, 1.82) is 0 Å². The number of aryl methyl sites for hydroxylation is 1. The molecule has 1 heterocycles. The highest BCUT2D eigenvalue weighted by molar-refractivity contribution is 5.90. The molecule has 2 rings (SSSR count). The van der Waals surface area contributed by atoms with Gasteiger partial charge in [0.25, 0.3) is 0 Å². The highest BCUT2D eigenvalue weighted by atomic mass is 16.4. The number of tetrazole rings is 1. The third-order valence-electron chi connectivity index (χ3n) is 2.39. The third kappa shape index (κ3) is 1.54. The zero-order valence-electron chi connectivity index (χ0n) is 8.88. The van der Waals surface area contributed by atoms with E-state index in [1.54, 1.807) is 32.0 Å². The highest BCUT2D eigenvalue weighted by Gasteiger charge is 2.13. The summed E-state index contributed by atoms with van der Waals surface area (Å²) in [7, 11) is 0. The quantitative estimate of drug-likeness (QED) is 0.812. The number of carboxylic acid groups (broad SMARTS) is 1. The van der Waals surface area contributed by atoms with E-state index in [0.29, 0.717) is 17.1 Å². The molecule has 0 radical (unpaired) electrons. The predicted molar refractivity (Wildman–Crippen MR) is 55.6 cm³/mol. The molecule has 0 saturated heterocycles. The monoisotopic (exact) mass is 218 g/mol. The minimum absolute atomic E-state index is 0.257. The van der Waals surface area contributed by atoms with E-state index in [-0.39, 0.29) is 5.56 Å². The fraction of sp³-hybridized carbons (Fsp3) is 0.200. The van der Waals surface area contributed by atoms with Gasteiger partial charge in [0.2, 0.25) is 0 Å². The summed E-state index contributed by atoms with van der Waals surface area (Å²) in [6, 6.07) is 5.01. The van der Waals surface area contributed by atoms with Crippen LogP contribution in [0.5, 0.6) is 0 Å². The first-order valence-corrected chi connectivity index (χ1v) is 4.69. The molecule has 0 unspecified atom stereocenters. The van der Waals surface area contributed by atoms with Crippen LogP contribution in [0.1, 0.15) is 21.7 Å². The van der Waals surface area contributed by atoms with Crippen LogP contribution in [0, 0.1) is 13.8 Å². The Morgan fingerprint density at radius 3 is 2.69 bits per heavy atom. The Hall–Kier alpha value is -2.24. The van der Waals surface area contributed by atoms with Crippen LogP contribution < -0.4 is 0 Å². The van der Waals surface area contributed by atoms with Gasteiger partial charge in [0.05, 0.1) is 11.3 Å². The summed E-state index contributed by atoms with van der Waals surface area (Å²) >= 11 is 0. The fourth-order valence-corrected chi connectivity index (χ4v) is 1.54. The Bertz CT molecular complexity index is 548. The van der Waals surface area contributed by atoms with Gasteiger partial charge in [-0.1, -0.05) is 6.07 Å². The Morgan fingerprint density at radius 1 is 1.38 bits per heavy atom. The molecule has 6 heteroatoms. The molecule has 0 spiro atoms. The summed E-state index contributed by atoms with van der Waals surface area (Å²) in [5.74, 6) is -0.337. The molecule has 0 fully saturated rings. The van der Waals surface area contributed by atoms with Crippen LogP contribution in [0.2, 0.25) is 0 Å². The van der Waals surface area contributed by atoms with E-state index in [4.69, 9.17) is 5.11 Å². The summed E-state index contributed by atoms with van der Waals surface area (Å²) in [4.78, 5) is 11.0. The van der Waals surface area contributed by atoms with Gasteiger partial charge in [-0.15, -0.1) is 5.10 Å². The summed E-state index contributed by atoms with van der Waals surface area (Å²) in [5.41, 5.74) is 1.58. The van der Waals surface area contributed by atoms with Crippen LogP contribution >= 0.6 is 0 Å². The summed E-state index contributed by atoms with van der Waals surface area (Å²) in [5, 5.41) is 20.1. The topological polar surface area (TPSA) is 80.9 Å². The lowest BCUT2D eigenvalue weighted by Gasteiger charge is -2.08. The highest BCUT2D eigenvalue weighted by Crippen LogP contribution is 2.17. The van der Waals surface area contributed by atoms with Gasteiger partial charge in [-0.25, -0.2) is 4.79 Å². The Balaban J connectivity index is 2.63. The van der Waals surface area contributed by atoms with Crippen molar-refractivity contribution in [2.75, 3.05) is 0 Å². The maximum absolute atomic E-state index is 11.0. The van der Waals surface area contributed by atoms with Gasteiger partial charge in [-0.3, -0.25) is 0 Å². The smallest absolute Gasteiger partial charge is 0.336 e. The SMILES string of the molecule is Cc1c(C(=O)O)cccc1-n1nnnc1C. The molecule has 0 aliphatic heterocycles. The summed E-state index contributed by atoms with van der Waals surface area (Å²) in [6.07, 6.45) is 0. The normalized spacial score (nSPS) is 10.4. The largest absolute Gasteiger partial charge is 0.478 e. The first kappa shape index (κ1) is 10.3. The molecule has 6 nitrogen and oxygen atoms in total. The number of aromatic carboxylic acids is 1. The zero-order chi connectivity index (χ0) is 11.7. The van der Waals surface area contributed by atoms with Crippen LogP contribution in [-0.2, 0) is 0 Å². The molecular formula is C10H10N4O2.